The average molecular weight is 251 g/mol. The molecule has 0 unspecified atom stereocenters. The minimum absolute atomic E-state index is 0.00996. The molecule has 1 aromatic rings. The number of hydrogen-bond acceptors (Lipinski definition) is 4. The first-order valence-corrected chi connectivity index (χ1v) is 6.32. The van der Waals surface area contributed by atoms with Crippen LogP contribution in [0.5, 0.6) is 0 Å². The van der Waals surface area contributed by atoms with Crippen LogP contribution < -0.4 is 11.1 Å². The maximum atomic E-state index is 11.9. The first-order chi connectivity index (χ1) is 8.54. The molecule has 0 spiro atoms. The Labute approximate surface area is 107 Å². The van der Waals surface area contributed by atoms with Crippen LogP contribution in [0.4, 0.5) is 5.82 Å². The van der Waals surface area contributed by atoms with Gasteiger partial charge in [-0.25, -0.2) is 0 Å². The van der Waals surface area contributed by atoms with Gasteiger partial charge in [-0.05, 0) is 39.9 Å². The molecule has 1 saturated heterocycles. The lowest BCUT2D eigenvalue weighted by Gasteiger charge is -2.29. The Morgan fingerprint density at radius 3 is 2.78 bits per heavy atom. The fraction of sp³-hybridized carbons (Fsp3) is 0.667. The molecule has 6 nitrogen and oxygen atoms in total. The molecule has 3 N–H and O–H groups in total. The molecule has 1 fully saturated rings. The van der Waals surface area contributed by atoms with Crippen LogP contribution in [0.15, 0.2) is 6.07 Å². The number of aromatic nitrogens is 2. The highest BCUT2D eigenvalue weighted by Gasteiger charge is 2.18. The van der Waals surface area contributed by atoms with E-state index in [0.29, 0.717) is 11.9 Å². The largest absolute Gasteiger partial charge is 0.382 e. The number of nitrogens with two attached hydrogens (primary N) is 1. The SMILES string of the molecule is Cc1cc(N)nn1CC(=O)NC1CCN(C)CC1. The monoisotopic (exact) mass is 251 g/mol. The molecule has 1 aromatic heterocycles. The van der Waals surface area contributed by atoms with Gasteiger partial charge in [0.2, 0.25) is 5.91 Å². The van der Waals surface area contributed by atoms with E-state index in [1.807, 2.05) is 6.92 Å². The van der Waals surface area contributed by atoms with Gasteiger partial charge < -0.3 is 16.0 Å². The Kier molecular flexibility index (Phi) is 3.86. The van der Waals surface area contributed by atoms with E-state index in [9.17, 15) is 4.79 Å². The summed E-state index contributed by atoms with van der Waals surface area (Å²) in [4.78, 5) is 14.2. The van der Waals surface area contributed by atoms with Gasteiger partial charge in [-0.15, -0.1) is 0 Å². The molecule has 1 aliphatic rings. The number of rotatable bonds is 3. The number of anilines is 1. The maximum Gasteiger partial charge on any atom is 0.241 e. The number of aryl methyl sites for hydroxylation is 1. The molecule has 1 amide bonds. The van der Waals surface area contributed by atoms with Crippen LogP contribution in [0.25, 0.3) is 0 Å². The van der Waals surface area contributed by atoms with Crippen LogP contribution in [-0.4, -0.2) is 46.8 Å². The third kappa shape index (κ3) is 3.22. The fourth-order valence-corrected chi connectivity index (χ4v) is 2.26. The third-order valence-electron chi connectivity index (χ3n) is 3.38. The molecule has 0 aliphatic carbocycles. The van der Waals surface area contributed by atoms with Crippen molar-refractivity contribution in [3.05, 3.63) is 11.8 Å². The van der Waals surface area contributed by atoms with Gasteiger partial charge in [-0.2, -0.15) is 5.10 Å². The van der Waals surface area contributed by atoms with Crippen molar-refractivity contribution in [2.24, 2.45) is 0 Å². The number of amides is 1. The summed E-state index contributed by atoms with van der Waals surface area (Å²) >= 11 is 0. The van der Waals surface area contributed by atoms with E-state index >= 15 is 0 Å². The molecule has 0 atom stereocenters. The van der Waals surface area contributed by atoms with Crippen molar-refractivity contribution in [3.63, 3.8) is 0 Å². The Morgan fingerprint density at radius 1 is 1.56 bits per heavy atom. The van der Waals surface area contributed by atoms with Crippen molar-refractivity contribution in [1.29, 1.82) is 0 Å². The molecule has 0 saturated carbocycles. The number of carbonyl (C=O) groups is 1. The lowest BCUT2D eigenvalue weighted by Crippen LogP contribution is -2.44. The number of nitrogens with one attached hydrogen (secondary N) is 1. The zero-order chi connectivity index (χ0) is 13.1. The fourth-order valence-electron chi connectivity index (χ4n) is 2.26. The Hall–Kier alpha value is -1.56. The van der Waals surface area contributed by atoms with Gasteiger partial charge in [0.25, 0.3) is 0 Å². The first-order valence-electron chi connectivity index (χ1n) is 6.32. The normalized spacial score (nSPS) is 17.9. The van der Waals surface area contributed by atoms with E-state index in [2.05, 4.69) is 22.4 Å². The predicted octanol–water partition coefficient (Wildman–Crippen LogP) is -0.0159. The number of piperidine rings is 1. The quantitative estimate of drug-likeness (QED) is 0.792. The van der Waals surface area contributed by atoms with Gasteiger partial charge in [0.05, 0.1) is 0 Å². The number of nitrogens with zero attached hydrogens (tertiary/aromatic N) is 3. The van der Waals surface area contributed by atoms with E-state index < -0.39 is 0 Å². The second-order valence-electron chi connectivity index (χ2n) is 5.01. The number of hydrogen-bond donors (Lipinski definition) is 2. The molecule has 6 heteroatoms. The maximum absolute atomic E-state index is 11.9. The lowest BCUT2D eigenvalue weighted by atomic mass is 10.1. The molecule has 0 radical (unpaired) electrons. The minimum atomic E-state index is 0.00996. The summed E-state index contributed by atoms with van der Waals surface area (Å²) in [5.41, 5.74) is 6.49. The summed E-state index contributed by atoms with van der Waals surface area (Å²) in [6.45, 7) is 4.22. The Balaban J connectivity index is 1.83. The van der Waals surface area contributed by atoms with Crippen molar-refractivity contribution < 1.29 is 4.79 Å². The zero-order valence-electron chi connectivity index (χ0n) is 11.0. The zero-order valence-corrected chi connectivity index (χ0v) is 11.0. The predicted molar refractivity (Wildman–Crippen MR) is 70.0 cm³/mol. The van der Waals surface area contributed by atoms with E-state index in [4.69, 9.17) is 5.73 Å². The molecule has 0 aromatic carbocycles. The molecule has 2 rings (SSSR count). The van der Waals surface area contributed by atoms with Gasteiger partial charge in [0.1, 0.15) is 12.4 Å². The number of carbonyl (C=O) groups excluding carboxylic acids is 1. The van der Waals surface area contributed by atoms with E-state index in [1.54, 1.807) is 10.7 Å². The summed E-state index contributed by atoms with van der Waals surface area (Å²) in [5.74, 6) is 0.468. The van der Waals surface area contributed by atoms with Crippen LogP contribution >= 0.6 is 0 Å². The second kappa shape index (κ2) is 5.39. The van der Waals surface area contributed by atoms with Crippen LogP contribution in [0, 0.1) is 6.92 Å². The van der Waals surface area contributed by atoms with Gasteiger partial charge >= 0.3 is 0 Å². The number of likely N-dealkylation sites (tertiary alicyclic amines) is 1. The smallest absolute Gasteiger partial charge is 0.241 e. The molecular formula is C12H21N5O. The van der Waals surface area contributed by atoms with E-state index in [1.165, 1.54) is 0 Å². The highest BCUT2D eigenvalue weighted by Crippen LogP contribution is 2.08. The molecule has 2 heterocycles. The molecule has 100 valence electrons. The number of nitrogen functional groups attached to an aromatic ring is 1. The average Bonchev–Trinajstić information content (AvgIpc) is 2.61. The minimum Gasteiger partial charge on any atom is -0.382 e. The molecular weight excluding hydrogens is 230 g/mol. The van der Waals surface area contributed by atoms with E-state index in [0.717, 1.165) is 31.6 Å². The van der Waals surface area contributed by atoms with Gasteiger partial charge in [-0.1, -0.05) is 0 Å². The van der Waals surface area contributed by atoms with Gasteiger partial charge in [-0.3, -0.25) is 9.48 Å². The third-order valence-corrected chi connectivity index (χ3v) is 3.38. The van der Waals surface area contributed by atoms with Crippen LogP contribution in [-0.2, 0) is 11.3 Å². The summed E-state index contributed by atoms with van der Waals surface area (Å²) in [6.07, 6.45) is 2.03. The highest BCUT2D eigenvalue weighted by molar-refractivity contribution is 5.76. The topological polar surface area (TPSA) is 76.2 Å². The Bertz CT molecular complexity index is 420. The highest BCUT2D eigenvalue weighted by atomic mass is 16.2. The van der Waals surface area contributed by atoms with Crippen molar-refractivity contribution in [2.45, 2.75) is 32.4 Å². The van der Waals surface area contributed by atoms with Crippen molar-refractivity contribution in [1.82, 2.24) is 20.0 Å². The summed E-state index contributed by atoms with van der Waals surface area (Å²) in [5, 5.41) is 7.14. The molecule has 0 bridgehead atoms. The van der Waals surface area contributed by atoms with E-state index in [-0.39, 0.29) is 12.5 Å². The Morgan fingerprint density at radius 2 is 2.22 bits per heavy atom. The summed E-state index contributed by atoms with van der Waals surface area (Å²) in [7, 11) is 2.11. The van der Waals surface area contributed by atoms with Crippen LogP contribution in [0.2, 0.25) is 0 Å². The van der Waals surface area contributed by atoms with Crippen molar-refractivity contribution in [3.8, 4) is 0 Å². The summed E-state index contributed by atoms with van der Waals surface area (Å²) < 4.78 is 1.64. The van der Waals surface area contributed by atoms with Crippen LogP contribution in [0.1, 0.15) is 18.5 Å². The molecule has 18 heavy (non-hydrogen) atoms. The molecule has 1 aliphatic heterocycles. The van der Waals surface area contributed by atoms with Crippen molar-refractivity contribution >= 4 is 11.7 Å². The second-order valence-corrected chi connectivity index (χ2v) is 5.01. The van der Waals surface area contributed by atoms with Crippen molar-refractivity contribution in [2.75, 3.05) is 25.9 Å². The van der Waals surface area contributed by atoms with Gasteiger partial charge in [0.15, 0.2) is 0 Å². The summed E-state index contributed by atoms with van der Waals surface area (Å²) in [6, 6.07) is 2.06. The lowest BCUT2D eigenvalue weighted by molar-refractivity contribution is -0.122. The van der Waals surface area contributed by atoms with Crippen LogP contribution in [0.3, 0.4) is 0 Å². The first kappa shape index (κ1) is 12.9. The standard InChI is InChI=1S/C12H21N5O/c1-9-7-11(13)15-17(9)8-12(18)14-10-3-5-16(2)6-4-10/h7,10H,3-6,8H2,1-2H3,(H2,13,15)(H,14,18). The van der Waals surface area contributed by atoms with Gasteiger partial charge in [0, 0.05) is 17.8 Å².